The van der Waals surface area contributed by atoms with Gasteiger partial charge in [-0.3, -0.25) is 0 Å². The van der Waals surface area contributed by atoms with E-state index in [-0.39, 0.29) is 0 Å². The summed E-state index contributed by atoms with van der Waals surface area (Å²) in [6.07, 6.45) is 16.8. The zero-order valence-corrected chi connectivity index (χ0v) is 22.8. The number of unbranched alkanes of at least 4 members (excludes halogenated alkanes) is 6. The van der Waals surface area contributed by atoms with Crippen molar-refractivity contribution in [1.82, 2.24) is 0 Å². The molecule has 0 nitrogen and oxygen atoms in total. The zero-order valence-electron chi connectivity index (χ0n) is 19.0. The third-order valence-electron chi connectivity index (χ3n) is 6.31. The maximum absolute atomic E-state index is 2.71. The van der Waals surface area contributed by atoms with Crippen molar-refractivity contribution in [2.75, 3.05) is 0 Å². The number of hydrogen-bond acceptors (Lipinski definition) is 0. The Balaban J connectivity index is 2.11. The summed E-state index contributed by atoms with van der Waals surface area (Å²) in [6.45, 7) is 9.60. The molecule has 1 aliphatic rings. The molecule has 1 aliphatic carbocycles. The molecule has 4 atom stereocenters. The minimum absolute atomic E-state index is 0.805. The van der Waals surface area contributed by atoms with Gasteiger partial charge in [-0.05, 0) is 0 Å². The SMILES string of the molecule is CCCCCC[As+](CC)C1C=CC([As+](CC)CCCCCC)c2ccccc21. The third-order valence-corrected chi connectivity index (χ3v) is 18.6. The van der Waals surface area contributed by atoms with Crippen molar-refractivity contribution in [2.24, 2.45) is 0 Å². The van der Waals surface area contributed by atoms with Crippen LogP contribution in [-0.4, -0.2) is 29.3 Å². The molecule has 2 heteroatoms. The van der Waals surface area contributed by atoms with E-state index < -0.39 is 29.3 Å². The summed E-state index contributed by atoms with van der Waals surface area (Å²) in [7, 11) is 0. The Hall–Kier alpha value is 0.0769. The molecular formula is C26H44As2+2. The monoisotopic (exact) mass is 506 g/mol. The van der Waals surface area contributed by atoms with E-state index in [0.717, 1.165) is 9.41 Å². The molecule has 28 heavy (non-hydrogen) atoms. The summed E-state index contributed by atoms with van der Waals surface area (Å²) in [5.41, 5.74) is 3.49. The Labute approximate surface area is 185 Å². The molecular weight excluding hydrogens is 462 g/mol. The molecule has 0 spiro atoms. The van der Waals surface area contributed by atoms with Crippen LogP contribution in [0.15, 0.2) is 36.4 Å². The number of benzene rings is 1. The number of fused-ring (bicyclic) bond motifs is 1. The van der Waals surface area contributed by atoms with Crippen LogP contribution >= 0.6 is 0 Å². The maximum atomic E-state index is 2.71. The van der Waals surface area contributed by atoms with Gasteiger partial charge < -0.3 is 0 Å². The van der Waals surface area contributed by atoms with Gasteiger partial charge in [0.1, 0.15) is 0 Å². The van der Waals surface area contributed by atoms with E-state index in [1.165, 1.54) is 61.8 Å². The predicted molar refractivity (Wildman–Crippen MR) is 131 cm³/mol. The zero-order chi connectivity index (χ0) is 20.2. The molecule has 2 rings (SSSR count). The summed E-state index contributed by atoms with van der Waals surface area (Å²) < 4.78 is 1.61. The summed E-state index contributed by atoms with van der Waals surface area (Å²) in [4.78, 5) is 0. The molecule has 0 amide bonds. The van der Waals surface area contributed by atoms with E-state index in [2.05, 4.69) is 64.1 Å². The van der Waals surface area contributed by atoms with E-state index in [4.69, 9.17) is 0 Å². The van der Waals surface area contributed by atoms with Gasteiger partial charge in [-0.25, -0.2) is 0 Å². The molecule has 0 heterocycles. The molecule has 0 saturated heterocycles. The average Bonchev–Trinajstić information content (AvgIpc) is 2.74. The first kappa shape index (κ1) is 24.3. The Bertz CT molecular complexity index is 516. The van der Waals surface area contributed by atoms with Crippen LogP contribution in [-0.2, 0) is 0 Å². The standard InChI is InChI=1S/C26H44As2/c1-5-9-11-15-21-27(7-3)25-19-20-26(24-18-14-13-17-23(24)25)28(8-4)22-16-12-10-6-2/h13-14,17-20,25-26H,5-12,15-16,21-22H2,1-4H3/q+2. The topological polar surface area (TPSA) is 0 Å². The first-order valence-corrected chi connectivity index (χ1v) is 19.5. The summed E-state index contributed by atoms with van der Waals surface area (Å²) in [5, 5.41) is 6.01. The van der Waals surface area contributed by atoms with Crippen LogP contribution in [0.25, 0.3) is 0 Å². The Kier molecular flexibility index (Phi) is 12.3. The minimum atomic E-state index is -0.822. The van der Waals surface area contributed by atoms with Gasteiger partial charge in [-0.15, -0.1) is 0 Å². The molecule has 0 bridgehead atoms. The van der Waals surface area contributed by atoms with Gasteiger partial charge in [0.25, 0.3) is 0 Å². The Morgan fingerprint density at radius 3 is 1.39 bits per heavy atom. The van der Waals surface area contributed by atoms with Crippen molar-refractivity contribution < 1.29 is 0 Å². The van der Waals surface area contributed by atoms with Crippen LogP contribution in [0, 0.1) is 0 Å². The van der Waals surface area contributed by atoms with E-state index in [0.29, 0.717) is 0 Å². The van der Waals surface area contributed by atoms with E-state index >= 15 is 0 Å². The third kappa shape index (κ3) is 7.09. The number of allylic oxidation sites excluding steroid dienone is 2. The molecule has 1 aromatic carbocycles. The molecule has 4 unspecified atom stereocenters. The fourth-order valence-corrected chi connectivity index (χ4v) is 15.4. The summed E-state index contributed by atoms with van der Waals surface area (Å²) in [5.74, 6) is 0. The average molecular weight is 506 g/mol. The molecule has 0 N–H and O–H groups in total. The molecule has 0 aliphatic heterocycles. The van der Waals surface area contributed by atoms with Gasteiger partial charge in [-0.2, -0.15) is 0 Å². The first-order chi connectivity index (χ1) is 13.8. The van der Waals surface area contributed by atoms with Gasteiger partial charge in [-0.1, -0.05) is 0 Å². The predicted octanol–water partition coefficient (Wildman–Crippen LogP) is 8.69. The summed E-state index contributed by atoms with van der Waals surface area (Å²) >= 11 is -1.64. The Morgan fingerprint density at radius 1 is 0.607 bits per heavy atom. The van der Waals surface area contributed by atoms with Gasteiger partial charge >= 0.3 is 186 Å². The second-order valence-electron chi connectivity index (χ2n) is 8.28. The van der Waals surface area contributed by atoms with Gasteiger partial charge in [0.05, 0.1) is 0 Å². The molecule has 156 valence electrons. The van der Waals surface area contributed by atoms with Gasteiger partial charge in [0, 0.05) is 0 Å². The number of rotatable bonds is 14. The van der Waals surface area contributed by atoms with Crippen LogP contribution in [0.2, 0.25) is 20.8 Å². The normalized spacial score (nSPS) is 20.7. The Morgan fingerprint density at radius 2 is 1.04 bits per heavy atom. The molecule has 1 aromatic rings. The molecule has 2 radical (unpaired) electrons. The van der Waals surface area contributed by atoms with Crippen LogP contribution in [0.4, 0.5) is 0 Å². The van der Waals surface area contributed by atoms with Crippen molar-refractivity contribution in [1.29, 1.82) is 0 Å². The van der Waals surface area contributed by atoms with Crippen LogP contribution < -0.4 is 0 Å². The summed E-state index contributed by atoms with van der Waals surface area (Å²) in [6, 6.07) is 9.62. The molecule has 0 aromatic heterocycles. The number of hydrogen-bond donors (Lipinski definition) is 0. The van der Waals surface area contributed by atoms with Crippen molar-refractivity contribution in [3.05, 3.63) is 47.5 Å². The second kappa shape index (κ2) is 14.1. The quantitative estimate of drug-likeness (QED) is 0.135. The second-order valence-corrected chi connectivity index (χ2v) is 20.1. The first-order valence-electron chi connectivity index (χ1n) is 12.0. The molecule has 0 fully saturated rings. The van der Waals surface area contributed by atoms with Crippen LogP contribution in [0.5, 0.6) is 0 Å². The van der Waals surface area contributed by atoms with E-state index in [1.54, 1.807) is 21.5 Å². The van der Waals surface area contributed by atoms with Crippen molar-refractivity contribution in [3.63, 3.8) is 0 Å². The van der Waals surface area contributed by atoms with Crippen molar-refractivity contribution >= 4 is 29.3 Å². The molecule has 0 saturated carbocycles. The van der Waals surface area contributed by atoms with E-state index in [9.17, 15) is 0 Å². The van der Waals surface area contributed by atoms with Crippen molar-refractivity contribution in [3.8, 4) is 0 Å². The van der Waals surface area contributed by atoms with Crippen LogP contribution in [0.3, 0.4) is 0 Å². The van der Waals surface area contributed by atoms with Gasteiger partial charge in [0.15, 0.2) is 0 Å². The van der Waals surface area contributed by atoms with E-state index in [1.807, 2.05) is 0 Å². The van der Waals surface area contributed by atoms with Crippen molar-refractivity contribution in [2.45, 2.75) is 109 Å². The fourth-order valence-electron chi connectivity index (χ4n) is 4.58. The van der Waals surface area contributed by atoms with Crippen LogP contribution in [0.1, 0.15) is 99.6 Å². The fraction of sp³-hybridized carbons (Fsp3) is 0.692. The van der Waals surface area contributed by atoms with Gasteiger partial charge in [0.2, 0.25) is 0 Å².